The molecule has 0 saturated heterocycles. The van der Waals surface area contributed by atoms with Crippen molar-refractivity contribution >= 4 is 17.3 Å². The maximum absolute atomic E-state index is 10.7. The number of aromatic amines is 1. The van der Waals surface area contributed by atoms with Crippen molar-refractivity contribution in [1.82, 2.24) is 10.2 Å². The van der Waals surface area contributed by atoms with Crippen molar-refractivity contribution < 1.29 is 9.21 Å². The van der Waals surface area contributed by atoms with Gasteiger partial charge < -0.3 is 4.42 Å². The Morgan fingerprint density at radius 1 is 1.39 bits per heavy atom. The molecule has 0 saturated carbocycles. The number of H-pyrrole nitrogens is 1. The molecule has 0 spiro atoms. The highest BCUT2D eigenvalue weighted by molar-refractivity contribution is 5.88. The number of carbonyl (C=O) groups is 1. The first-order valence-electron chi connectivity index (χ1n) is 5.85. The molecular formula is C14H12N2O2. The fourth-order valence-electron chi connectivity index (χ4n) is 2.17. The van der Waals surface area contributed by atoms with E-state index in [1.807, 2.05) is 24.3 Å². The topological polar surface area (TPSA) is 58.9 Å². The van der Waals surface area contributed by atoms with Crippen molar-refractivity contribution in [2.75, 3.05) is 0 Å². The smallest absolute Gasteiger partial charge is 0.167 e. The van der Waals surface area contributed by atoms with Gasteiger partial charge in [0.05, 0.1) is 5.69 Å². The summed E-state index contributed by atoms with van der Waals surface area (Å²) >= 11 is 0. The second-order valence-electron chi connectivity index (χ2n) is 4.09. The van der Waals surface area contributed by atoms with Gasteiger partial charge in [-0.15, -0.1) is 0 Å². The van der Waals surface area contributed by atoms with Gasteiger partial charge in [-0.3, -0.25) is 9.89 Å². The molecule has 0 fully saturated rings. The molecule has 1 aromatic carbocycles. The summed E-state index contributed by atoms with van der Waals surface area (Å²) in [4.78, 5) is 10.7. The highest BCUT2D eigenvalue weighted by atomic mass is 16.3. The first-order valence-corrected chi connectivity index (χ1v) is 5.85. The molecule has 2 aromatic heterocycles. The van der Waals surface area contributed by atoms with Crippen LogP contribution in [0.15, 0.2) is 34.7 Å². The summed E-state index contributed by atoms with van der Waals surface area (Å²) in [5.41, 5.74) is 3.09. The number of carbonyl (C=O) groups excluding carboxylic acids is 1. The van der Waals surface area contributed by atoms with Gasteiger partial charge >= 0.3 is 0 Å². The number of hydrogen-bond donors (Lipinski definition) is 1. The quantitative estimate of drug-likeness (QED) is 0.715. The summed E-state index contributed by atoms with van der Waals surface area (Å²) in [6.07, 6.45) is 1.60. The lowest BCUT2D eigenvalue weighted by Gasteiger charge is -1.95. The molecule has 0 aliphatic rings. The van der Waals surface area contributed by atoms with E-state index in [0.29, 0.717) is 11.4 Å². The highest BCUT2D eigenvalue weighted by Crippen LogP contribution is 2.32. The van der Waals surface area contributed by atoms with E-state index in [-0.39, 0.29) is 0 Å². The van der Waals surface area contributed by atoms with Crippen LogP contribution in [0.2, 0.25) is 0 Å². The van der Waals surface area contributed by atoms with E-state index in [2.05, 4.69) is 17.1 Å². The van der Waals surface area contributed by atoms with E-state index in [9.17, 15) is 4.79 Å². The second kappa shape index (κ2) is 4.14. The van der Waals surface area contributed by atoms with Crippen molar-refractivity contribution in [2.45, 2.75) is 13.3 Å². The predicted molar refractivity (Wildman–Crippen MR) is 68.6 cm³/mol. The minimum atomic E-state index is 0.451. The van der Waals surface area contributed by atoms with Gasteiger partial charge in [0, 0.05) is 10.9 Å². The Morgan fingerprint density at radius 3 is 2.94 bits per heavy atom. The van der Waals surface area contributed by atoms with Gasteiger partial charge in [0.25, 0.3) is 0 Å². The molecule has 2 heterocycles. The molecule has 4 heteroatoms. The summed E-state index contributed by atoms with van der Waals surface area (Å²) < 4.78 is 5.84. The summed E-state index contributed by atoms with van der Waals surface area (Å²) in [5, 5.41) is 7.89. The number of hydrogen-bond acceptors (Lipinski definition) is 3. The van der Waals surface area contributed by atoms with Crippen LogP contribution in [-0.2, 0) is 6.42 Å². The minimum absolute atomic E-state index is 0.451. The number of benzene rings is 1. The van der Waals surface area contributed by atoms with Crippen LogP contribution >= 0.6 is 0 Å². The third-order valence-electron chi connectivity index (χ3n) is 3.01. The Bertz CT molecular complexity index is 709. The van der Waals surface area contributed by atoms with Crippen LogP contribution in [0.5, 0.6) is 0 Å². The number of furan rings is 1. The number of aryl methyl sites for hydroxylation is 1. The largest absolute Gasteiger partial charge is 0.454 e. The van der Waals surface area contributed by atoms with Crippen molar-refractivity contribution in [3.63, 3.8) is 0 Å². The summed E-state index contributed by atoms with van der Waals surface area (Å²) in [6, 6.07) is 9.60. The summed E-state index contributed by atoms with van der Waals surface area (Å²) in [7, 11) is 0. The monoisotopic (exact) mass is 240 g/mol. The molecule has 3 rings (SSSR count). The van der Waals surface area contributed by atoms with Crippen molar-refractivity contribution in [3.05, 3.63) is 41.6 Å². The SMILES string of the molecule is CCc1c(-c2cc(C=O)[nH]n2)oc2ccccc12. The molecule has 1 N–H and O–H groups in total. The first-order chi connectivity index (χ1) is 8.83. The van der Waals surface area contributed by atoms with E-state index < -0.39 is 0 Å². The first kappa shape index (κ1) is 10.8. The average molecular weight is 240 g/mol. The van der Waals surface area contributed by atoms with E-state index in [4.69, 9.17) is 4.42 Å². The molecule has 90 valence electrons. The van der Waals surface area contributed by atoms with Crippen LogP contribution in [0.4, 0.5) is 0 Å². The summed E-state index contributed by atoms with van der Waals surface area (Å²) in [5.74, 6) is 0.739. The van der Waals surface area contributed by atoms with Gasteiger partial charge in [-0.25, -0.2) is 0 Å². The van der Waals surface area contributed by atoms with Crippen LogP contribution in [0.1, 0.15) is 23.0 Å². The van der Waals surface area contributed by atoms with Crippen LogP contribution in [0.3, 0.4) is 0 Å². The number of nitrogens with zero attached hydrogens (tertiary/aromatic N) is 1. The third kappa shape index (κ3) is 1.54. The van der Waals surface area contributed by atoms with Crippen LogP contribution in [0.25, 0.3) is 22.4 Å². The lowest BCUT2D eigenvalue weighted by atomic mass is 10.1. The predicted octanol–water partition coefficient (Wildman–Crippen LogP) is 3.20. The number of aromatic nitrogens is 2. The van der Waals surface area contributed by atoms with Gasteiger partial charge in [0.15, 0.2) is 12.0 Å². The Hall–Kier alpha value is -2.36. The van der Waals surface area contributed by atoms with Gasteiger partial charge in [-0.05, 0) is 18.6 Å². The lowest BCUT2D eigenvalue weighted by Crippen LogP contribution is -1.82. The van der Waals surface area contributed by atoms with Crippen LogP contribution < -0.4 is 0 Å². The molecule has 4 nitrogen and oxygen atoms in total. The fraction of sp³-hybridized carbons (Fsp3) is 0.143. The third-order valence-corrected chi connectivity index (χ3v) is 3.01. The van der Waals surface area contributed by atoms with Gasteiger partial charge in [0.1, 0.15) is 11.3 Å². The highest BCUT2D eigenvalue weighted by Gasteiger charge is 2.16. The number of nitrogens with one attached hydrogen (secondary N) is 1. The molecule has 18 heavy (non-hydrogen) atoms. The Balaban J connectivity index is 2.24. The van der Waals surface area contributed by atoms with Gasteiger partial charge in [-0.1, -0.05) is 25.1 Å². The van der Waals surface area contributed by atoms with E-state index in [0.717, 1.165) is 35.0 Å². The number of fused-ring (bicyclic) bond motifs is 1. The van der Waals surface area contributed by atoms with Crippen LogP contribution in [0, 0.1) is 0 Å². The Morgan fingerprint density at radius 2 is 2.22 bits per heavy atom. The number of aldehydes is 1. The maximum atomic E-state index is 10.7. The Kier molecular flexibility index (Phi) is 2.48. The van der Waals surface area contributed by atoms with Crippen molar-refractivity contribution in [3.8, 4) is 11.5 Å². The standard InChI is InChI=1S/C14H12N2O2/c1-2-10-11-5-3-4-6-13(11)18-14(10)12-7-9(8-17)15-16-12/h3-8H,2H2,1H3,(H,15,16). The van der Waals surface area contributed by atoms with E-state index in [1.54, 1.807) is 6.07 Å². The molecule has 0 bridgehead atoms. The lowest BCUT2D eigenvalue weighted by molar-refractivity contribution is 0.111. The van der Waals surface area contributed by atoms with Gasteiger partial charge in [0.2, 0.25) is 0 Å². The molecule has 0 aliphatic heterocycles. The zero-order valence-corrected chi connectivity index (χ0v) is 9.93. The molecule has 0 unspecified atom stereocenters. The maximum Gasteiger partial charge on any atom is 0.167 e. The van der Waals surface area contributed by atoms with E-state index in [1.165, 1.54) is 0 Å². The Labute approximate surface area is 104 Å². The minimum Gasteiger partial charge on any atom is -0.454 e. The van der Waals surface area contributed by atoms with E-state index >= 15 is 0 Å². The van der Waals surface area contributed by atoms with Crippen molar-refractivity contribution in [1.29, 1.82) is 0 Å². The average Bonchev–Trinajstić information content (AvgIpc) is 3.02. The van der Waals surface area contributed by atoms with Crippen LogP contribution in [-0.4, -0.2) is 16.5 Å². The zero-order chi connectivity index (χ0) is 12.5. The van der Waals surface area contributed by atoms with Gasteiger partial charge in [-0.2, -0.15) is 5.10 Å². The molecule has 0 amide bonds. The molecule has 0 radical (unpaired) electrons. The zero-order valence-electron chi connectivity index (χ0n) is 9.93. The molecule has 0 atom stereocenters. The fourth-order valence-corrected chi connectivity index (χ4v) is 2.17. The molecule has 3 aromatic rings. The van der Waals surface area contributed by atoms with Crippen molar-refractivity contribution in [2.24, 2.45) is 0 Å². The molecule has 0 aliphatic carbocycles. The second-order valence-corrected chi connectivity index (χ2v) is 4.09. The molecular weight excluding hydrogens is 228 g/mol. The summed E-state index contributed by atoms with van der Waals surface area (Å²) in [6.45, 7) is 2.08. The number of rotatable bonds is 3. The number of para-hydroxylation sites is 1. The normalized spacial score (nSPS) is 10.9.